The number of nitrogen functional groups attached to an aromatic ring is 2. The average Bonchev–Trinajstić information content (AvgIpc) is 2.36. The summed E-state index contributed by atoms with van der Waals surface area (Å²) in [6.07, 6.45) is 5.54. The maximum Gasteiger partial charge on any atom is 0.231 e. The van der Waals surface area contributed by atoms with Crippen molar-refractivity contribution in [2.45, 2.75) is 46.5 Å². The van der Waals surface area contributed by atoms with Gasteiger partial charge in [-0.2, -0.15) is 15.0 Å². The highest BCUT2D eigenvalue weighted by Crippen LogP contribution is 2.02. The Morgan fingerprint density at radius 3 is 1.89 bits per heavy atom. The molecule has 0 aliphatic rings. The van der Waals surface area contributed by atoms with Crippen LogP contribution in [0.1, 0.15) is 46.5 Å². The number of rotatable bonds is 7. The SMILES string of the molecule is CCCCCC.CCOCNc1nc(N)nc(N)n1. The number of hydrogen-bond donors (Lipinski definition) is 3. The number of anilines is 3. The van der Waals surface area contributed by atoms with Crippen LogP contribution in [0.2, 0.25) is 0 Å². The molecule has 0 saturated heterocycles. The third-order valence-electron chi connectivity index (χ3n) is 2.16. The van der Waals surface area contributed by atoms with Gasteiger partial charge in [0.25, 0.3) is 0 Å². The number of nitrogens with two attached hydrogens (primary N) is 2. The molecule has 0 aliphatic carbocycles. The molecule has 0 unspecified atom stereocenters. The fourth-order valence-corrected chi connectivity index (χ4v) is 1.21. The molecule has 0 fully saturated rings. The first-order valence-corrected chi connectivity index (χ1v) is 6.72. The van der Waals surface area contributed by atoms with Gasteiger partial charge in [0.15, 0.2) is 0 Å². The van der Waals surface area contributed by atoms with Crippen LogP contribution in [0.3, 0.4) is 0 Å². The van der Waals surface area contributed by atoms with Gasteiger partial charge in [0.1, 0.15) is 6.73 Å². The summed E-state index contributed by atoms with van der Waals surface area (Å²) in [6, 6.07) is 0. The van der Waals surface area contributed by atoms with E-state index in [9.17, 15) is 0 Å². The van der Waals surface area contributed by atoms with Gasteiger partial charge < -0.3 is 21.5 Å². The van der Waals surface area contributed by atoms with Gasteiger partial charge in [0, 0.05) is 6.61 Å². The number of nitrogens with zero attached hydrogens (tertiary/aromatic N) is 3. The highest BCUT2D eigenvalue weighted by Gasteiger charge is 1.99. The van der Waals surface area contributed by atoms with Gasteiger partial charge in [-0.25, -0.2) is 0 Å². The summed E-state index contributed by atoms with van der Waals surface area (Å²) in [7, 11) is 0. The van der Waals surface area contributed by atoms with Crippen LogP contribution in [-0.2, 0) is 4.74 Å². The summed E-state index contributed by atoms with van der Waals surface area (Å²) in [5.41, 5.74) is 10.7. The lowest BCUT2D eigenvalue weighted by atomic mass is 10.2. The van der Waals surface area contributed by atoms with Crippen LogP contribution >= 0.6 is 0 Å². The zero-order valence-corrected chi connectivity index (χ0v) is 12.1. The second kappa shape index (κ2) is 11.5. The van der Waals surface area contributed by atoms with Crippen LogP contribution in [0.5, 0.6) is 0 Å². The van der Waals surface area contributed by atoms with Gasteiger partial charge in [-0.05, 0) is 6.92 Å². The minimum atomic E-state index is 0.0894. The number of nitrogens with one attached hydrogen (secondary N) is 1. The summed E-state index contributed by atoms with van der Waals surface area (Å²) in [6.45, 7) is 7.28. The van der Waals surface area contributed by atoms with Gasteiger partial charge in [-0.15, -0.1) is 0 Å². The zero-order chi connectivity index (χ0) is 14.5. The summed E-state index contributed by atoms with van der Waals surface area (Å²) < 4.78 is 5.02. The van der Waals surface area contributed by atoms with E-state index in [2.05, 4.69) is 34.1 Å². The Kier molecular flexibility index (Phi) is 10.5. The standard InChI is InChI=1S/C6H12N6O.C6H14/c1-2-13-3-9-6-11-4(7)10-5(8)12-6;1-3-5-6-4-2/h2-3H2,1H3,(H5,7,8,9,10,11,12);3-6H2,1-2H3. The molecule has 1 heterocycles. The van der Waals surface area contributed by atoms with Crippen LogP contribution in [-0.4, -0.2) is 28.3 Å². The van der Waals surface area contributed by atoms with E-state index in [1.807, 2.05) is 6.92 Å². The Balaban J connectivity index is 0.000000459. The van der Waals surface area contributed by atoms with E-state index in [1.165, 1.54) is 25.7 Å². The van der Waals surface area contributed by atoms with Gasteiger partial charge in [-0.1, -0.05) is 39.5 Å². The molecule has 110 valence electrons. The molecule has 0 saturated carbocycles. The van der Waals surface area contributed by atoms with Gasteiger partial charge >= 0.3 is 0 Å². The normalized spacial score (nSPS) is 9.63. The van der Waals surface area contributed by atoms with Gasteiger partial charge in [0.2, 0.25) is 17.8 Å². The first kappa shape index (κ1) is 17.4. The third kappa shape index (κ3) is 10.0. The lowest BCUT2D eigenvalue weighted by molar-refractivity contribution is 0.166. The largest absolute Gasteiger partial charge is 0.368 e. The monoisotopic (exact) mass is 270 g/mol. The summed E-state index contributed by atoms with van der Waals surface area (Å²) in [5.74, 6) is 0.497. The second-order valence-corrected chi connectivity index (χ2v) is 3.90. The van der Waals surface area contributed by atoms with Crippen molar-refractivity contribution in [3.8, 4) is 0 Å². The van der Waals surface area contributed by atoms with Gasteiger partial charge in [-0.3, -0.25) is 0 Å². The molecule has 1 aromatic rings. The van der Waals surface area contributed by atoms with Crippen molar-refractivity contribution in [1.82, 2.24) is 15.0 Å². The fourth-order valence-electron chi connectivity index (χ4n) is 1.21. The minimum absolute atomic E-state index is 0.0894. The molecule has 1 aromatic heterocycles. The Labute approximate surface area is 115 Å². The molecule has 0 radical (unpaired) electrons. The van der Waals surface area contributed by atoms with E-state index in [0.717, 1.165) is 0 Å². The van der Waals surface area contributed by atoms with Crippen molar-refractivity contribution in [3.05, 3.63) is 0 Å². The van der Waals surface area contributed by atoms with Crippen LogP contribution in [0.4, 0.5) is 17.8 Å². The predicted molar refractivity (Wildman–Crippen MR) is 78.6 cm³/mol. The Morgan fingerprint density at radius 1 is 0.947 bits per heavy atom. The molecule has 7 nitrogen and oxygen atoms in total. The highest BCUT2D eigenvalue weighted by molar-refractivity contribution is 5.36. The Bertz CT molecular complexity index is 310. The van der Waals surface area contributed by atoms with Crippen LogP contribution in [0, 0.1) is 0 Å². The third-order valence-corrected chi connectivity index (χ3v) is 2.16. The average molecular weight is 270 g/mol. The van der Waals surface area contributed by atoms with E-state index in [0.29, 0.717) is 19.3 Å². The van der Waals surface area contributed by atoms with Crippen molar-refractivity contribution in [2.75, 3.05) is 30.1 Å². The Hall–Kier alpha value is -1.63. The number of aromatic nitrogens is 3. The maximum atomic E-state index is 5.34. The molecule has 0 atom stereocenters. The number of hydrogen-bond acceptors (Lipinski definition) is 7. The van der Waals surface area contributed by atoms with Gasteiger partial charge in [0.05, 0.1) is 0 Å². The number of ether oxygens (including phenoxy) is 1. The molecule has 5 N–H and O–H groups in total. The first-order chi connectivity index (χ1) is 9.13. The molecular formula is C12H26N6O. The lowest BCUT2D eigenvalue weighted by Gasteiger charge is -2.04. The van der Waals surface area contributed by atoms with Crippen molar-refractivity contribution in [1.29, 1.82) is 0 Å². The fraction of sp³-hybridized carbons (Fsp3) is 0.750. The molecule has 0 bridgehead atoms. The molecule has 0 aliphatic heterocycles. The minimum Gasteiger partial charge on any atom is -0.368 e. The van der Waals surface area contributed by atoms with E-state index in [1.54, 1.807) is 0 Å². The molecule has 0 aromatic carbocycles. The zero-order valence-electron chi connectivity index (χ0n) is 12.1. The quantitative estimate of drug-likeness (QED) is 0.513. The Morgan fingerprint density at radius 2 is 1.47 bits per heavy atom. The van der Waals surface area contributed by atoms with Crippen molar-refractivity contribution < 1.29 is 4.74 Å². The molecular weight excluding hydrogens is 244 g/mol. The summed E-state index contributed by atoms with van der Waals surface area (Å²) in [4.78, 5) is 11.2. The van der Waals surface area contributed by atoms with Crippen molar-refractivity contribution >= 4 is 17.8 Å². The summed E-state index contributed by atoms with van der Waals surface area (Å²) in [5, 5.41) is 2.78. The van der Waals surface area contributed by atoms with Crippen LogP contribution in [0.25, 0.3) is 0 Å². The van der Waals surface area contributed by atoms with Crippen LogP contribution < -0.4 is 16.8 Å². The van der Waals surface area contributed by atoms with E-state index >= 15 is 0 Å². The van der Waals surface area contributed by atoms with E-state index in [4.69, 9.17) is 16.2 Å². The predicted octanol–water partition coefficient (Wildman–Crippen LogP) is 2.03. The van der Waals surface area contributed by atoms with E-state index in [-0.39, 0.29) is 11.9 Å². The van der Waals surface area contributed by atoms with Crippen LogP contribution in [0.15, 0.2) is 0 Å². The topological polar surface area (TPSA) is 112 Å². The molecule has 19 heavy (non-hydrogen) atoms. The first-order valence-electron chi connectivity index (χ1n) is 6.72. The molecule has 0 spiro atoms. The van der Waals surface area contributed by atoms with Crippen molar-refractivity contribution in [2.24, 2.45) is 0 Å². The molecule has 0 amide bonds. The lowest BCUT2D eigenvalue weighted by Crippen LogP contribution is -2.12. The maximum absolute atomic E-state index is 5.34. The molecule has 7 heteroatoms. The molecule has 1 rings (SSSR count). The summed E-state index contributed by atoms with van der Waals surface area (Å²) >= 11 is 0. The van der Waals surface area contributed by atoms with E-state index < -0.39 is 0 Å². The second-order valence-electron chi connectivity index (χ2n) is 3.90. The smallest absolute Gasteiger partial charge is 0.231 e. The number of unbranched alkanes of at least 4 members (excludes halogenated alkanes) is 3. The van der Waals surface area contributed by atoms with Crippen molar-refractivity contribution in [3.63, 3.8) is 0 Å². The highest BCUT2D eigenvalue weighted by atomic mass is 16.5.